The average Bonchev–Trinajstić information content (AvgIpc) is 3.13. The third-order valence-electron chi connectivity index (χ3n) is 9.95. The molecule has 15 heteroatoms. The van der Waals surface area contributed by atoms with Gasteiger partial charge in [-0.2, -0.15) is 4.98 Å². The number of likely N-dealkylation sites (tertiary alicyclic amines) is 1. The minimum Gasteiger partial charge on any atom is -0.494 e. The van der Waals surface area contributed by atoms with E-state index in [-0.39, 0.29) is 6.67 Å². The quantitative estimate of drug-likeness (QED) is 0.112. The molecule has 0 saturated carbocycles. The molecule has 51 heavy (non-hydrogen) atoms. The number of rotatable bonds is 11. The summed E-state index contributed by atoms with van der Waals surface area (Å²) in [6.07, 6.45) is 12.5. The van der Waals surface area contributed by atoms with E-state index in [0.29, 0.717) is 61.7 Å². The minimum absolute atomic E-state index is 0.287. The van der Waals surface area contributed by atoms with Crippen LogP contribution in [0.2, 0.25) is 0 Å². The number of allylic oxidation sites excluding steroid dienone is 1. The van der Waals surface area contributed by atoms with Crippen molar-refractivity contribution < 1.29 is 13.7 Å². The number of hydrogen-bond donors (Lipinski definition) is 3. The molecule has 2 aliphatic rings. The Kier molecular flexibility index (Phi) is 11.2. The zero-order valence-corrected chi connectivity index (χ0v) is 32.0. The van der Waals surface area contributed by atoms with Gasteiger partial charge in [-0.3, -0.25) is 15.0 Å². The summed E-state index contributed by atoms with van der Waals surface area (Å²) in [5.41, 5.74) is 11.7. The first-order chi connectivity index (χ1) is 24.6. The fraction of sp³-hybridized carbons (Fsp3) is 0.417. The van der Waals surface area contributed by atoms with Gasteiger partial charge in [-0.25, -0.2) is 9.37 Å². The molecule has 4 aromatic rings. The smallest absolute Gasteiger partial charge is 0.229 e. The second kappa shape index (κ2) is 15.6. The van der Waals surface area contributed by atoms with Crippen LogP contribution in [0.5, 0.6) is 5.75 Å². The van der Waals surface area contributed by atoms with Crippen molar-refractivity contribution >= 4 is 80.0 Å². The van der Waals surface area contributed by atoms with Gasteiger partial charge in [0.2, 0.25) is 5.95 Å². The molecule has 0 aliphatic carbocycles. The summed E-state index contributed by atoms with van der Waals surface area (Å²) < 4.78 is 33.0. The summed E-state index contributed by atoms with van der Waals surface area (Å²) in [6, 6.07) is 7.72. The Labute approximate surface area is 306 Å². The molecule has 2 aromatic carbocycles. The maximum absolute atomic E-state index is 13.5. The number of alkyl halides is 1. The molecule has 6 rings (SSSR count). The van der Waals surface area contributed by atoms with Crippen LogP contribution in [-0.4, -0.2) is 97.9 Å². The molecule has 4 N–H and O–H groups in total. The zero-order valence-electron chi connectivity index (χ0n) is 29.5. The van der Waals surface area contributed by atoms with Crippen molar-refractivity contribution in [1.82, 2.24) is 24.8 Å². The summed E-state index contributed by atoms with van der Waals surface area (Å²) in [5.74, 6) is 1.41. The highest BCUT2D eigenvalue weighted by Crippen LogP contribution is 2.45. The van der Waals surface area contributed by atoms with Gasteiger partial charge in [-0.05, 0) is 91.6 Å². The minimum atomic E-state index is -2.79. The molecule has 0 radical (unpaired) electrons. The first-order valence-electron chi connectivity index (χ1n) is 17.0. The van der Waals surface area contributed by atoms with Crippen LogP contribution in [0.4, 0.5) is 33.2 Å². The highest BCUT2D eigenvalue weighted by atomic mass is 79.9. The number of ether oxygens (including phenoxy) is 1. The number of piperidine rings is 2. The van der Waals surface area contributed by atoms with Crippen LogP contribution in [0.15, 0.2) is 58.5 Å². The lowest BCUT2D eigenvalue weighted by Gasteiger charge is -2.47. The fourth-order valence-electron chi connectivity index (χ4n) is 7.19. The first kappa shape index (κ1) is 36.7. The summed E-state index contributed by atoms with van der Waals surface area (Å²) >= 11 is 3.58. The number of aliphatic imine (C=N–C) groups is 1. The zero-order chi connectivity index (χ0) is 36.2. The highest BCUT2D eigenvalue weighted by Gasteiger charge is 2.38. The van der Waals surface area contributed by atoms with Gasteiger partial charge in [0.15, 0.2) is 0 Å². The number of hydrogen-bond acceptors (Lipinski definition) is 12. The molecule has 0 atom stereocenters. The maximum Gasteiger partial charge on any atom is 0.229 e. The van der Waals surface area contributed by atoms with Crippen molar-refractivity contribution in [1.29, 1.82) is 0 Å². The molecule has 0 bridgehead atoms. The van der Waals surface area contributed by atoms with Crippen molar-refractivity contribution in [2.45, 2.75) is 25.7 Å². The van der Waals surface area contributed by atoms with Crippen molar-refractivity contribution in [3.8, 4) is 5.75 Å². The van der Waals surface area contributed by atoms with Crippen LogP contribution < -0.4 is 31.3 Å². The van der Waals surface area contributed by atoms with Crippen molar-refractivity contribution in [3.05, 3.63) is 59.1 Å². The number of nitrogens with zero attached hydrogens (tertiary/aromatic N) is 7. The van der Waals surface area contributed by atoms with E-state index in [9.17, 15) is 8.96 Å². The number of halogens is 2. The standard InChI is InChI=1S/C36H45BrFN10O2P/c1-40-22-24(21-39)25-19-29(31(50-2)20-30(25)48-16-9-36(10-17-48)7-14-47(15-8-36)18-11-38)45-35-43-23-26(37)34(46-35)44-28-6-5-27-32(42-13-12-41-27)33(28)51(3,4)49/h5-6,12-13,19-23H,7-11,14-18,39H2,1-4H3,(H2,43,44,45,46). The molecular weight excluding hydrogens is 734 g/mol. The summed E-state index contributed by atoms with van der Waals surface area (Å²) in [4.78, 5) is 27.1. The van der Waals surface area contributed by atoms with Crippen LogP contribution in [0, 0.1) is 5.41 Å². The van der Waals surface area contributed by atoms with Gasteiger partial charge < -0.3 is 35.5 Å². The lowest BCUT2D eigenvalue weighted by Crippen LogP contribution is -2.47. The van der Waals surface area contributed by atoms with Crippen LogP contribution in [-0.2, 0) is 4.57 Å². The summed E-state index contributed by atoms with van der Waals surface area (Å²) in [6.45, 7) is 7.38. The van der Waals surface area contributed by atoms with Crippen molar-refractivity contribution in [2.75, 3.05) is 82.4 Å². The van der Waals surface area contributed by atoms with Gasteiger partial charge in [-0.1, -0.05) is 0 Å². The van der Waals surface area contributed by atoms with Gasteiger partial charge in [-0.15, -0.1) is 0 Å². The number of nitrogens with one attached hydrogen (secondary N) is 2. The Bertz CT molecular complexity index is 1990. The van der Waals surface area contributed by atoms with Crippen molar-refractivity contribution in [2.24, 2.45) is 16.1 Å². The van der Waals surface area contributed by atoms with Gasteiger partial charge >= 0.3 is 0 Å². The van der Waals surface area contributed by atoms with E-state index in [4.69, 9.17) is 15.5 Å². The number of fused-ring (bicyclic) bond motifs is 1. The number of methoxy groups -OCH3 is 1. The molecule has 0 unspecified atom stereocenters. The van der Waals surface area contributed by atoms with Crippen LogP contribution >= 0.6 is 23.1 Å². The monoisotopic (exact) mass is 778 g/mol. The number of nitrogens with two attached hydrogens (primary N) is 1. The lowest BCUT2D eigenvalue weighted by molar-refractivity contribution is 0.0764. The second-order valence-electron chi connectivity index (χ2n) is 13.5. The molecule has 2 aromatic heterocycles. The van der Waals surface area contributed by atoms with E-state index in [1.807, 2.05) is 24.3 Å². The summed E-state index contributed by atoms with van der Waals surface area (Å²) in [7, 11) is 0.575. The van der Waals surface area contributed by atoms with Crippen molar-refractivity contribution in [3.63, 3.8) is 0 Å². The SMILES string of the molecule is CN=CC(=CN)c1cc(Nc2ncc(Br)c(Nc3ccc4nccnc4c3P(C)(C)=O)n2)c(OC)cc1N1CCC2(CCN(CCF)CC2)CC1. The molecular formula is C36H45BrFN10O2P. The van der Waals surface area contributed by atoms with E-state index in [1.54, 1.807) is 58.5 Å². The Morgan fingerprint density at radius 2 is 1.80 bits per heavy atom. The lowest BCUT2D eigenvalue weighted by atomic mass is 9.71. The number of aromatic nitrogens is 4. The molecule has 2 saturated heterocycles. The highest BCUT2D eigenvalue weighted by molar-refractivity contribution is 9.10. The van der Waals surface area contributed by atoms with Gasteiger partial charge in [0.25, 0.3) is 0 Å². The Morgan fingerprint density at radius 1 is 1.08 bits per heavy atom. The predicted molar refractivity (Wildman–Crippen MR) is 210 cm³/mol. The van der Waals surface area contributed by atoms with Gasteiger partial charge in [0, 0.05) is 80.6 Å². The van der Waals surface area contributed by atoms with E-state index in [0.717, 1.165) is 68.7 Å². The van der Waals surface area contributed by atoms with Crippen LogP contribution in [0.25, 0.3) is 16.6 Å². The largest absolute Gasteiger partial charge is 0.494 e. The predicted octanol–water partition coefficient (Wildman–Crippen LogP) is 6.58. The molecule has 2 fully saturated rings. The molecule has 12 nitrogen and oxygen atoms in total. The van der Waals surface area contributed by atoms with E-state index >= 15 is 0 Å². The van der Waals surface area contributed by atoms with E-state index < -0.39 is 7.14 Å². The number of benzene rings is 2. The third kappa shape index (κ3) is 8.03. The normalized spacial score (nSPS) is 17.0. The third-order valence-corrected chi connectivity index (χ3v) is 12.1. The second-order valence-corrected chi connectivity index (χ2v) is 17.5. The van der Waals surface area contributed by atoms with Crippen LogP contribution in [0.3, 0.4) is 0 Å². The van der Waals surface area contributed by atoms with E-state index in [2.05, 4.69) is 56.3 Å². The molecule has 2 aliphatic heterocycles. The topological polar surface area (TPSA) is 147 Å². The first-order valence-corrected chi connectivity index (χ1v) is 20.4. The Hall–Kier alpha value is -4.13. The Balaban J connectivity index is 1.30. The van der Waals surface area contributed by atoms with Gasteiger partial charge in [0.1, 0.15) is 30.9 Å². The Morgan fingerprint density at radius 3 is 2.47 bits per heavy atom. The molecule has 270 valence electrons. The molecule has 1 spiro atoms. The molecule has 0 amide bonds. The van der Waals surface area contributed by atoms with Gasteiger partial charge in [0.05, 0.1) is 33.8 Å². The molecule has 4 heterocycles. The van der Waals surface area contributed by atoms with Crippen LogP contribution in [0.1, 0.15) is 31.2 Å². The maximum atomic E-state index is 13.5. The van der Waals surface area contributed by atoms with E-state index in [1.165, 1.54) is 0 Å². The number of anilines is 5. The summed E-state index contributed by atoms with van der Waals surface area (Å²) in [5, 5.41) is 7.31. The average molecular weight is 780 g/mol. The fourth-order valence-corrected chi connectivity index (χ4v) is 8.88.